The molecule has 3 rings (SSSR count). The number of ether oxygens (including phenoxy) is 4. The minimum Gasteiger partial charge on any atom is -0.497 e. The zero-order chi connectivity index (χ0) is 18.2. The van der Waals surface area contributed by atoms with Crippen molar-refractivity contribution in [3.8, 4) is 23.0 Å². The van der Waals surface area contributed by atoms with Gasteiger partial charge in [-0.1, -0.05) is 12.1 Å². The number of benzene rings is 2. The molecule has 0 aliphatic carbocycles. The van der Waals surface area contributed by atoms with Crippen LogP contribution in [0, 0.1) is 0 Å². The van der Waals surface area contributed by atoms with E-state index in [0.717, 1.165) is 17.7 Å². The molecular weight excluding hydrogens is 336 g/mol. The van der Waals surface area contributed by atoms with Gasteiger partial charge in [0, 0.05) is 12.6 Å². The Morgan fingerprint density at radius 3 is 2.77 bits per heavy atom. The van der Waals surface area contributed by atoms with Crippen molar-refractivity contribution < 1.29 is 23.7 Å². The summed E-state index contributed by atoms with van der Waals surface area (Å²) in [5.74, 6) is 2.87. The number of carbonyl (C=O) groups excluding carboxylic acids is 1. The molecule has 0 saturated carbocycles. The highest BCUT2D eigenvalue weighted by Gasteiger charge is 2.13. The molecule has 0 atom stereocenters. The highest BCUT2D eigenvalue weighted by Crippen LogP contribution is 2.34. The molecule has 2 amide bonds. The van der Waals surface area contributed by atoms with Gasteiger partial charge in [-0.3, -0.25) is 0 Å². The number of nitrogens with one attached hydrogen (secondary N) is 2. The maximum absolute atomic E-state index is 11.8. The second kappa shape index (κ2) is 8.84. The molecule has 7 nitrogen and oxygen atoms in total. The van der Waals surface area contributed by atoms with Gasteiger partial charge in [-0.25, -0.2) is 4.79 Å². The predicted molar refractivity (Wildman–Crippen MR) is 96.2 cm³/mol. The monoisotopic (exact) mass is 358 g/mol. The SMILES string of the molecule is COc1cccc(CCNC(=O)NCCOc2ccc3c(c2)OCO3)c1. The summed E-state index contributed by atoms with van der Waals surface area (Å²) in [6.45, 7) is 1.54. The van der Waals surface area contributed by atoms with Crippen LogP contribution in [-0.2, 0) is 6.42 Å². The van der Waals surface area contributed by atoms with E-state index in [1.54, 1.807) is 19.2 Å². The Morgan fingerprint density at radius 2 is 1.88 bits per heavy atom. The highest BCUT2D eigenvalue weighted by atomic mass is 16.7. The van der Waals surface area contributed by atoms with Crippen molar-refractivity contribution in [3.63, 3.8) is 0 Å². The molecule has 1 aliphatic rings. The average molecular weight is 358 g/mol. The molecule has 0 unspecified atom stereocenters. The molecule has 0 radical (unpaired) electrons. The normalized spacial score (nSPS) is 11.7. The summed E-state index contributed by atoms with van der Waals surface area (Å²) >= 11 is 0. The molecule has 2 aromatic carbocycles. The number of amides is 2. The molecule has 26 heavy (non-hydrogen) atoms. The second-order valence-electron chi connectivity index (χ2n) is 5.65. The van der Waals surface area contributed by atoms with Crippen LogP contribution in [0.2, 0.25) is 0 Å². The van der Waals surface area contributed by atoms with E-state index < -0.39 is 0 Å². The van der Waals surface area contributed by atoms with Gasteiger partial charge in [0.1, 0.15) is 18.1 Å². The Labute approximate surface area is 152 Å². The van der Waals surface area contributed by atoms with Crippen LogP contribution in [-0.4, -0.2) is 39.6 Å². The van der Waals surface area contributed by atoms with Crippen molar-refractivity contribution >= 4 is 6.03 Å². The molecule has 0 aromatic heterocycles. The van der Waals surface area contributed by atoms with Gasteiger partial charge in [0.15, 0.2) is 11.5 Å². The van der Waals surface area contributed by atoms with Gasteiger partial charge in [-0.05, 0) is 36.2 Å². The molecule has 0 fully saturated rings. The molecular formula is C19H22N2O5. The fourth-order valence-corrected chi connectivity index (χ4v) is 2.51. The summed E-state index contributed by atoms with van der Waals surface area (Å²) in [4.78, 5) is 11.8. The zero-order valence-corrected chi connectivity index (χ0v) is 14.6. The summed E-state index contributed by atoms with van der Waals surface area (Å²) in [6.07, 6.45) is 0.734. The number of methoxy groups -OCH3 is 1. The van der Waals surface area contributed by atoms with Crippen molar-refractivity contribution in [3.05, 3.63) is 48.0 Å². The summed E-state index contributed by atoms with van der Waals surface area (Å²) < 4.78 is 21.3. The topological polar surface area (TPSA) is 78.1 Å². The van der Waals surface area contributed by atoms with Crippen molar-refractivity contribution in [2.24, 2.45) is 0 Å². The molecule has 2 N–H and O–H groups in total. The van der Waals surface area contributed by atoms with Crippen molar-refractivity contribution in [1.29, 1.82) is 0 Å². The third-order valence-corrected chi connectivity index (χ3v) is 3.83. The molecule has 2 aromatic rings. The minimum absolute atomic E-state index is 0.220. The van der Waals surface area contributed by atoms with Crippen molar-refractivity contribution in [1.82, 2.24) is 10.6 Å². The zero-order valence-electron chi connectivity index (χ0n) is 14.6. The number of urea groups is 1. The first-order chi connectivity index (χ1) is 12.7. The Balaban J connectivity index is 1.30. The van der Waals surface area contributed by atoms with Crippen molar-refractivity contribution in [2.75, 3.05) is 33.6 Å². The average Bonchev–Trinajstić information content (AvgIpc) is 3.13. The largest absolute Gasteiger partial charge is 0.497 e. The van der Waals surface area contributed by atoms with Gasteiger partial charge in [0.25, 0.3) is 0 Å². The van der Waals surface area contributed by atoms with Crippen LogP contribution >= 0.6 is 0 Å². The maximum Gasteiger partial charge on any atom is 0.314 e. The van der Waals surface area contributed by atoms with Crippen LogP contribution in [0.4, 0.5) is 4.79 Å². The van der Waals surface area contributed by atoms with Gasteiger partial charge in [0.2, 0.25) is 6.79 Å². The standard InChI is InChI=1S/C19H22N2O5/c1-23-15-4-2-3-14(11-15)7-8-20-19(22)21-9-10-24-16-5-6-17-18(12-16)26-13-25-17/h2-6,11-12H,7-10,13H2,1H3,(H2,20,21,22). The summed E-state index contributed by atoms with van der Waals surface area (Å²) in [6, 6.07) is 12.9. The first-order valence-electron chi connectivity index (χ1n) is 8.41. The Hall–Kier alpha value is -3.09. The van der Waals surface area contributed by atoms with Crippen LogP contribution < -0.4 is 29.6 Å². The number of hydrogen-bond acceptors (Lipinski definition) is 5. The van der Waals surface area contributed by atoms with E-state index >= 15 is 0 Å². The smallest absolute Gasteiger partial charge is 0.314 e. The lowest BCUT2D eigenvalue weighted by Gasteiger charge is -2.10. The van der Waals surface area contributed by atoms with E-state index in [9.17, 15) is 4.79 Å². The first-order valence-corrected chi connectivity index (χ1v) is 8.41. The van der Waals surface area contributed by atoms with Crippen LogP contribution in [0.5, 0.6) is 23.0 Å². The van der Waals surface area contributed by atoms with E-state index in [4.69, 9.17) is 18.9 Å². The summed E-state index contributed by atoms with van der Waals surface area (Å²) in [7, 11) is 1.64. The number of rotatable bonds is 8. The Bertz CT molecular complexity index is 750. The van der Waals surface area contributed by atoms with Gasteiger partial charge < -0.3 is 29.6 Å². The van der Waals surface area contributed by atoms with E-state index in [-0.39, 0.29) is 12.8 Å². The number of carbonyl (C=O) groups is 1. The lowest BCUT2D eigenvalue weighted by atomic mass is 10.1. The number of hydrogen-bond donors (Lipinski definition) is 2. The molecule has 0 spiro atoms. The van der Waals surface area contributed by atoms with Crippen LogP contribution in [0.1, 0.15) is 5.56 Å². The van der Waals surface area contributed by atoms with Crippen LogP contribution in [0.25, 0.3) is 0 Å². The summed E-state index contributed by atoms with van der Waals surface area (Å²) in [5.41, 5.74) is 1.11. The quantitative estimate of drug-likeness (QED) is 0.708. The molecule has 7 heteroatoms. The van der Waals surface area contributed by atoms with Crippen LogP contribution in [0.3, 0.4) is 0 Å². The van der Waals surface area contributed by atoms with Gasteiger partial charge in [0.05, 0.1) is 13.7 Å². The third kappa shape index (κ3) is 4.95. The third-order valence-electron chi connectivity index (χ3n) is 3.83. The molecule has 1 heterocycles. The van der Waals surface area contributed by atoms with Gasteiger partial charge in [-0.2, -0.15) is 0 Å². The van der Waals surface area contributed by atoms with E-state index in [2.05, 4.69) is 10.6 Å². The maximum atomic E-state index is 11.8. The fourth-order valence-electron chi connectivity index (χ4n) is 2.51. The predicted octanol–water partition coefficient (Wildman–Crippen LogP) is 2.34. The van der Waals surface area contributed by atoms with Crippen LogP contribution in [0.15, 0.2) is 42.5 Å². The Kier molecular flexibility index (Phi) is 6.03. The second-order valence-corrected chi connectivity index (χ2v) is 5.65. The molecule has 0 saturated heterocycles. The lowest BCUT2D eigenvalue weighted by molar-refractivity contribution is 0.173. The van der Waals surface area contributed by atoms with E-state index in [1.165, 1.54) is 0 Å². The first kappa shape index (κ1) is 17.7. The molecule has 1 aliphatic heterocycles. The highest BCUT2D eigenvalue weighted by molar-refractivity contribution is 5.73. The van der Waals surface area contributed by atoms with E-state index in [0.29, 0.717) is 36.9 Å². The van der Waals surface area contributed by atoms with Crippen molar-refractivity contribution in [2.45, 2.75) is 6.42 Å². The lowest BCUT2D eigenvalue weighted by Crippen LogP contribution is -2.38. The summed E-state index contributed by atoms with van der Waals surface area (Å²) in [5, 5.41) is 5.58. The fraction of sp³-hybridized carbons (Fsp3) is 0.316. The van der Waals surface area contributed by atoms with Gasteiger partial charge >= 0.3 is 6.03 Å². The van der Waals surface area contributed by atoms with E-state index in [1.807, 2.05) is 30.3 Å². The van der Waals surface area contributed by atoms with Gasteiger partial charge in [-0.15, -0.1) is 0 Å². The minimum atomic E-state index is -0.220. The number of fused-ring (bicyclic) bond motifs is 1. The Morgan fingerprint density at radius 1 is 1.04 bits per heavy atom. The molecule has 138 valence electrons. The molecule has 0 bridgehead atoms.